The van der Waals surface area contributed by atoms with Gasteiger partial charge in [0, 0.05) is 16.8 Å². The Kier molecular flexibility index (Phi) is 6.67. The Hall–Kier alpha value is -1.79. The van der Waals surface area contributed by atoms with Crippen molar-refractivity contribution < 1.29 is 4.79 Å². The van der Waals surface area contributed by atoms with Gasteiger partial charge in [0.25, 0.3) is 5.56 Å². The number of anilines is 1. The van der Waals surface area contributed by atoms with E-state index in [9.17, 15) is 9.59 Å². The average Bonchev–Trinajstić information content (AvgIpc) is 2.56. The van der Waals surface area contributed by atoms with Gasteiger partial charge in [-0.1, -0.05) is 50.2 Å². The van der Waals surface area contributed by atoms with Gasteiger partial charge in [0.1, 0.15) is 0 Å². The summed E-state index contributed by atoms with van der Waals surface area (Å²) in [7, 11) is 0. The normalized spacial score (nSPS) is 12.2. The molecule has 1 atom stereocenters. The van der Waals surface area contributed by atoms with Gasteiger partial charge in [0.15, 0.2) is 5.16 Å². The fourth-order valence-corrected chi connectivity index (χ4v) is 3.31. The van der Waals surface area contributed by atoms with E-state index in [0.717, 1.165) is 5.56 Å². The molecule has 1 aromatic heterocycles. The maximum absolute atomic E-state index is 12.6. The van der Waals surface area contributed by atoms with Crippen molar-refractivity contribution in [2.75, 3.05) is 5.32 Å². The van der Waals surface area contributed by atoms with Crippen LogP contribution in [0.15, 0.2) is 34.2 Å². The number of amides is 1. The number of H-pyrrole nitrogens is 1. The summed E-state index contributed by atoms with van der Waals surface area (Å²) in [5, 5.41) is 3.60. The molecule has 0 fully saturated rings. The summed E-state index contributed by atoms with van der Waals surface area (Å²) in [5.74, 6) is 0.000119. The standard InChI is InChI=1S/C18H22ClN3O2S/c1-5-15(17(24)20-13-8-6-7-12(19)11(13)4)25-18-21-14(10(2)3)9-16(23)22-18/h6-10,15H,5H2,1-4H3,(H,20,24)(H,21,22,23). The summed E-state index contributed by atoms with van der Waals surface area (Å²) in [6, 6.07) is 6.88. The number of aromatic amines is 1. The van der Waals surface area contributed by atoms with E-state index in [4.69, 9.17) is 11.6 Å². The molecule has 2 N–H and O–H groups in total. The Labute approximate surface area is 156 Å². The largest absolute Gasteiger partial charge is 0.325 e. The molecule has 0 bridgehead atoms. The minimum atomic E-state index is -0.371. The number of carbonyl (C=O) groups excluding carboxylic acids is 1. The van der Waals surface area contributed by atoms with Crippen LogP contribution < -0.4 is 10.9 Å². The molecule has 0 radical (unpaired) electrons. The van der Waals surface area contributed by atoms with Crippen molar-refractivity contribution >= 4 is 35.0 Å². The number of thioether (sulfide) groups is 1. The first kappa shape index (κ1) is 19.5. The minimum Gasteiger partial charge on any atom is -0.325 e. The van der Waals surface area contributed by atoms with Crippen LogP contribution in [0, 0.1) is 6.92 Å². The molecule has 1 unspecified atom stereocenters. The molecular weight excluding hydrogens is 358 g/mol. The molecular formula is C18H22ClN3O2S. The Morgan fingerprint density at radius 3 is 2.76 bits per heavy atom. The van der Waals surface area contributed by atoms with Crippen molar-refractivity contribution in [3.8, 4) is 0 Å². The van der Waals surface area contributed by atoms with Crippen molar-refractivity contribution in [2.24, 2.45) is 0 Å². The molecule has 0 aliphatic rings. The number of hydrogen-bond acceptors (Lipinski definition) is 4. The summed E-state index contributed by atoms with van der Waals surface area (Å²) < 4.78 is 0. The van der Waals surface area contributed by atoms with Gasteiger partial charge in [-0.3, -0.25) is 9.59 Å². The van der Waals surface area contributed by atoms with Crippen LogP contribution in [-0.4, -0.2) is 21.1 Å². The molecule has 1 heterocycles. The van der Waals surface area contributed by atoms with Gasteiger partial charge >= 0.3 is 0 Å². The predicted molar refractivity (Wildman–Crippen MR) is 104 cm³/mol. The molecule has 1 amide bonds. The topological polar surface area (TPSA) is 74.8 Å². The quantitative estimate of drug-likeness (QED) is 0.577. The van der Waals surface area contributed by atoms with Crippen molar-refractivity contribution in [3.63, 3.8) is 0 Å². The summed E-state index contributed by atoms with van der Waals surface area (Å²) >= 11 is 7.36. The number of nitrogens with zero attached hydrogens (tertiary/aromatic N) is 1. The first-order valence-electron chi connectivity index (χ1n) is 8.15. The molecule has 2 rings (SSSR count). The van der Waals surface area contributed by atoms with E-state index in [2.05, 4.69) is 15.3 Å². The zero-order valence-corrected chi connectivity index (χ0v) is 16.3. The Balaban J connectivity index is 2.18. The van der Waals surface area contributed by atoms with Crippen LogP contribution in [0.3, 0.4) is 0 Å². The van der Waals surface area contributed by atoms with Crippen LogP contribution >= 0.6 is 23.4 Å². The molecule has 0 aliphatic carbocycles. The van der Waals surface area contributed by atoms with Gasteiger partial charge in [-0.15, -0.1) is 0 Å². The highest BCUT2D eigenvalue weighted by Crippen LogP contribution is 2.27. The molecule has 1 aromatic carbocycles. The molecule has 0 spiro atoms. The summed E-state index contributed by atoms with van der Waals surface area (Å²) in [6.07, 6.45) is 0.603. The van der Waals surface area contributed by atoms with E-state index >= 15 is 0 Å². The van der Waals surface area contributed by atoms with Crippen LogP contribution in [-0.2, 0) is 4.79 Å². The van der Waals surface area contributed by atoms with Gasteiger partial charge in [-0.05, 0) is 37.0 Å². The van der Waals surface area contributed by atoms with Gasteiger partial charge in [0.05, 0.1) is 10.9 Å². The van der Waals surface area contributed by atoms with Crippen LogP contribution in [0.4, 0.5) is 5.69 Å². The van der Waals surface area contributed by atoms with E-state index in [-0.39, 0.29) is 22.6 Å². The smallest absolute Gasteiger partial charge is 0.251 e. The first-order chi connectivity index (χ1) is 11.8. The van der Waals surface area contributed by atoms with Crippen LogP contribution in [0.1, 0.15) is 44.4 Å². The van der Waals surface area contributed by atoms with E-state index < -0.39 is 0 Å². The van der Waals surface area contributed by atoms with Crippen molar-refractivity contribution in [2.45, 2.75) is 50.4 Å². The lowest BCUT2D eigenvalue weighted by molar-refractivity contribution is -0.115. The Morgan fingerprint density at radius 2 is 2.12 bits per heavy atom. The van der Waals surface area contributed by atoms with Gasteiger partial charge < -0.3 is 10.3 Å². The molecule has 7 heteroatoms. The number of aromatic nitrogens is 2. The maximum atomic E-state index is 12.6. The molecule has 25 heavy (non-hydrogen) atoms. The number of benzene rings is 1. The Morgan fingerprint density at radius 1 is 1.40 bits per heavy atom. The zero-order valence-electron chi connectivity index (χ0n) is 14.7. The first-order valence-corrected chi connectivity index (χ1v) is 9.41. The van der Waals surface area contributed by atoms with E-state index in [1.54, 1.807) is 12.1 Å². The number of halogens is 1. The van der Waals surface area contributed by atoms with Gasteiger partial charge in [-0.25, -0.2) is 4.98 Å². The summed E-state index contributed by atoms with van der Waals surface area (Å²) in [5.41, 5.74) is 2.02. The second kappa shape index (κ2) is 8.54. The molecule has 0 saturated carbocycles. The third-order valence-corrected chi connectivity index (χ3v) is 5.43. The molecule has 5 nitrogen and oxygen atoms in total. The highest BCUT2D eigenvalue weighted by Gasteiger charge is 2.20. The summed E-state index contributed by atoms with van der Waals surface area (Å²) in [4.78, 5) is 31.6. The third-order valence-electron chi connectivity index (χ3n) is 3.77. The lowest BCUT2D eigenvalue weighted by Crippen LogP contribution is -2.25. The van der Waals surface area contributed by atoms with E-state index in [0.29, 0.717) is 28.0 Å². The van der Waals surface area contributed by atoms with E-state index in [1.807, 2.05) is 33.8 Å². The minimum absolute atomic E-state index is 0.143. The summed E-state index contributed by atoms with van der Waals surface area (Å²) in [6.45, 7) is 7.73. The average molecular weight is 380 g/mol. The fourth-order valence-electron chi connectivity index (χ4n) is 2.22. The van der Waals surface area contributed by atoms with Crippen molar-refractivity contribution in [1.82, 2.24) is 9.97 Å². The maximum Gasteiger partial charge on any atom is 0.251 e. The van der Waals surface area contributed by atoms with Gasteiger partial charge in [0.2, 0.25) is 5.91 Å². The third kappa shape index (κ3) is 5.09. The van der Waals surface area contributed by atoms with Crippen molar-refractivity contribution in [3.05, 3.63) is 50.9 Å². The number of carbonyl (C=O) groups is 1. The molecule has 0 aliphatic heterocycles. The van der Waals surface area contributed by atoms with Crippen LogP contribution in [0.25, 0.3) is 0 Å². The lowest BCUT2D eigenvalue weighted by Gasteiger charge is -2.16. The number of hydrogen-bond donors (Lipinski definition) is 2. The van der Waals surface area contributed by atoms with Crippen molar-refractivity contribution in [1.29, 1.82) is 0 Å². The molecule has 0 saturated heterocycles. The van der Waals surface area contributed by atoms with Crippen LogP contribution in [0.2, 0.25) is 5.02 Å². The molecule has 134 valence electrons. The monoisotopic (exact) mass is 379 g/mol. The highest BCUT2D eigenvalue weighted by molar-refractivity contribution is 8.00. The second-order valence-electron chi connectivity index (χ2n) is 6.05. The Bertz CT molecular complexity index is 820. The second-order valence-corrected chi connectivity index (χ2v) is 7.65. The predicted octanol–water partition coefficient (Wildman–Crippen LogP) is 4.36. The SMILES string of the molecule is CCC(Sc1nc(C(C)C)cc(=O)[nH]1)C(=O)Nc1cccc(Cl)c1C. The highest BCUT2D eigenvalue weighted by atomic mass is 35.5. The van der Waals surface area contributed by atoms with Gasteiger partial charge in [-0.2, -0.15) is 0 Å². The molecule has 2 aromatic rings. The fraction of sp³-hybridized carbons (Fsp3) is 0.389. The number of rotatable bonds is 6. The number of nitrogens with one attached hydrogen (secondary N) is 2. The lowest BCUT2D eigenvalue weighted by atomic mass is 10.1. The van der Waals surface area contributed by atoms with Crippen LogP contribution in [0.5, 0.6) is 0 Å². The van der Waals surface area contributed by atoms with E-state index in [1.165, 1.54) is 17.8 Å². The zero-order chi connectivity index (χ0) is 18.6.